The van der Waals surface area contributed by atoms with Gasteiger partial charge >= 0.3 is 0 Å². The summed E-state index contributed by atoms with van der Waals surface area (Å²) < 4.78 is 33.1. The molecule has 0 unspecified atom stereocenters. The number of aryl methyl sites for hydroxylation is 1. The van der Waals surface area contributed by atoms with E-state index in [1.807, 2.05) is 37.3 Å². The molecule has 1 heterocycles. The fraction of sp³-hybridized carbons (Fsp3) is 0.370. The Labute approximate surface area is 206 Å². The van der Waals surface area contributed by atoms with Crippen LogP contribution in [-0.2, 0) is 22.4 Å². The highest BCUT2D eigenvalue weighted by molar-refractivity contribution is 5.44. The second-order valence-corrected chi connectivity index (χ2v) is 8.07. The van der Waals surface area contributed by atoms with Crippen molar-refractivity contribution in [2.75, 3.05) is 40.0 Å². The summed E-state index contributed by atoms with van der Waals surface area (Å²) in [6, 6.07) is 15.9. The highest BCUT2D eigenvalue weighted by Gasteiger charge is 2.24. The SMILES string of the molecule is C=CCOC[C@@H](O)CN(CCOC)Cc1c(CC)nn(-c2ccccc2)c1Oc1ccccc1F. The van der Waals surface area contributed by atoms with E-state index in [0.717, 1.165) is 16.9 Å². The number of aromatic nitrogens is 2. The number of aliphatic hydroxyl groups excluding tert-OH is 1. The molecule has 1 N–H and O–H groups in total. The molecule has 0 aliphatic carbocycles. The van der Waals surface area contributed by atoms with Crippen molar-refractivity contribution in [2.24, 2.45) is 0 Å². The fourth-order valence-corrected chi connectivity index (χ4v) is 3.72. The third kappa shape index (κ3) is 7.47. The van der Waals surface area contributed by atoms with E-state index >= 15 is 0 Å². The van der Waals surface area contributed by atoms with Crippen molar-refractivity contribution < 1.29 is 23.7 Å². The van der Waals surface area contributed by atoms with Crippen LogP contribution in [0.3, 0.4) is 0 Å². The van der Waals surface area contributed by atoms with Gasteiger partial charge in [-0.15, -0.1) is 6.58 Å². The average molecular weight is 484 g/mol. The lowest BCUT2D eigenvalue weighted by Crippen LogP contribution is -2.36. The number of halogens is 1. The molecule has 7 nitrogen and oxygen atoms in total. The van der Waals surface area contributed by atoms with Crippen LogP contribution >= 0.6 is 0 Å². The fourth-order valence-electron chi connectivity index (χ4n) is 3.72. The second kappa shape index (κ2) is 13.7. The van der Waals surface area contributed by atoms with E-state index in [2.05, 4.69) is 11.5 Å². The lowest BCUT2D eigenvalue weighted by molar-refractivity contribution is 0.0192. The van der Waals surface area contributed by atoms with Gasteiger partial charge in [0.15, 0.2) is 11.6 Å². The highest BCUT2D eigenvalue weighted by atomic mass is 19.1. The minimum absolute atomic E-state index is 0.120. The topological polar surface area (TPSA) is 69.0 Å². The van der Waals surface area contributed by atoms with Crippen molar-refractivity contribution in [3.8, 4) is 17.3 Å². The Morgan fingerprint density at radius 3 is 2.60 bits per heavy atom. The van der Waals surface area contributed by atoms with E-state index in [0.29, 0.717) is 45.1 Å². The van der Waals surface area contributed by atoms with Gasteiger partial charge in [-0.05, 0) is 30.7 Å². The van der Waals surface area contributed by atoms with Crippen LogP contribution in [0.25, 0.3) is 5.69 Å². The summed E-state index contributed by atoms with van der Waals surface area (Å²) in [6.07, 6.45) is 1.61. The normalized spacial score (nSPS) is 12.1. The van der Waals surface area contributed by atoms with Gasteiger partial charge in [0.25, 0.3) is 0 Å². The van der Waals surface area contributed by atoms with Gasteiger partial charge in [-0.1, -0.05) is 43.3 Å². The van der Waals surface area contributed by atoms with Crippen molar-refractivity contribution >= 4 is 0 Å². The van der Waals surface area contributed by atoms with Gasteiger partial charge in [0.1, 0.15) is 0 Å². The number of nitrogens with zero attached hydrogens (tertiary/aromatic N) is 3. The molecule has 0 fully saturated rings. The summed E-state index contributed by atoms with van der Waals surface area (Å²) in [4.78, 5) is 2.06. The van der Waals surface area contributed by atoms with Gasteiger partial charge in [0, 0.05) is 26.7 Å². The minimum Gasteiger partial charge on any atom is -0.435 e. The molecule has 35 heavy (non-hydrogen) atoms. The molecule has 0 aliphatic rings. The number of para-hydroxylation sites is 2. The first-order chi connectivity index (χ1) is 17.1. The number of hydrogen-bond donors (Lipinski definition) is 1. The number of benzene rings is 2. The third-order valence-electron chi connectivity index (χ3n) is 5.41. The lowest BCUT2D eigenvalue weighted by atomic mass is 10.1. The van der Waals surface area contributed by atoms with Crippen LogP contribution in [0.1, 0.15) is 18.2 Å². The predicted molar refractivity (Wildman–Crippen MR) is 134 cm³/mol. The van der Waals surface area contributed by atoms with Gasteiger partial charge in [-0.25, -0.2) is 9.07 Å². The molecular weight excluding hydrogens is 449 g/mol. The summed E-state index contributed by atoms with van der Waals surface area (Å²) in [5.74, 6) is 0.107. The largest absolute Gasteiger partial charge is 0.435 e. The summed E-state index contributed by atoms with van der Waals surface area (Å²) in [6.45, 7) is 8.07. The van der Waals surface area contributed by atoms with Crippen molar-refractivity contribution in [1.29, 1.82) is 0 Å². The van der Waals surface area contributed by atoms with Crippen molar-refractivity contribution in [2.45, 2.75) is 26.0 Å². The zero-order valence-electron chi connectivity index (χ0n) is 20.4. The van der Waals surface area contributed by atoms with Gasteiger partial charge < -0.3 is 19.3 Å². The van der Waals surface area contributed by atoms with Crippen molar-refractivity contribution in [3.63, 3.8) is 0 Å². The van der Waals surface area contributed by atoms with Gasteiger partial charge in [0.05, 0.1) is 42.9 Å². The molecule has 0 radical (unpaired) electrons. The van der Waals surface area contributed by atoms with Crippen LogP contribution in [0.15, 0.2) is 67.3 Å². The van der Waals surface area contributed by atoms with Crippen LogP contribution < -0.4 is 4.74 Å². The van der Waals surface area contributed by atoms with Crippen molar-refractivity contribution in [1.82, 2.24) is 14.7 Å². The standard InChI is InChI=1S/C27H34FN3O4/c1-4-16-34-20-22(32)18-30(15-17-33-3)19-23-25(5-2)29-31(21-11-7-6-8-12-21)27(23)35-26-14-10-9-13-24(26)28/h4,6-14,22,32H,1,5,15-20H2,2-3H3/t22-/m0/s1. The van der Waals surface area contributed by atoms with E-state index in [1.165, 1.54) is 6.07 Å². The molecule has 0 spiro atoms. The number of rotatable bonds is 15. The number of ether oxygens (including phenoxy) is 3. The van der Waals surface area contributed by atoms with Crippen LogP contribution in [-0.4, -0.2) is 65.9 Å². The molecule has 0 bridgehead atoms. The Morgan fingerprint density at radius 1 is 1.17 bits per heavy atom. The Balaban J connectivity index is 1.98. The molecule has 188 valence electrons. The maximum atomic E-state index is 14.5. The first-order valence-electron chi connectivity index (χ1n) is 11.7. The summed E-state index contributed by atoms with van der Waals surface area (Å²) >= 11 is 0. The molecule has 1 atom stereocenters. The van der Waals surface area contributed by atoms with Crippen molar-refractivity contribution in [3.05, 3.63) is 84.3 Å². The van der Waals surface area contributed by atoms with E-state index < -0.39 is 11.9 Å². The second-order valence-electron chi connectivity index (χ2n) is 8.07. The third-order valence-corrected chi connectivity index (χ3v) is 5.41. The molecule has 1 aromatic heterocycles. The zero-order chi connectivity index (χ0) is 25.0. The number of aliphatic hydroxyl groups is 1. The van der Waals surface area contributed by atoms with Crippen LogP contribution in [0.2, 0.25) is 0 Å². The van der Waals surface area contributed by atoms with E-state index in [-0.39, 0.29) is 12.4 Å². The Morgan fingerprint density at radius 2 is 1.91 bits per heavy atom. The van der Waals surface area contributed by atoms with E-state index in [9.17, 15) is 9.50 Å². The molecule has 0 saturated carbocycles. The monoisotopic (exact) mass is 483 g/mol. The lowest BCUT2D eigenvalue weighted by Gasteiger charge is -2.25. The predicted octanol–water partition coefficient (Wildman–Crippen LogP) is 4.38. The summed E-state index contributed by atoms with van der Waals surface area (Å²) in [5.41, 5.74) is 2.47. The molecule has 3 aromatic rings. The number of methoxy groups -OCH3 is 1. The highest BCUT2D eigenvalue weighted by Crippen LogP contribution is 2.33. The Kier molecular flexibility index (Phi) is 10.4. The Hall–Kier alpha value is -3.04. The minimum atomic E-state index is -0.697. The van der Waals surface area contributed by atoms with E-state index in [4.69, 9.17) is 19.3 Å². The maximum Gasteiger partial charge on any atom is 0.227 e. The van der Waals surface area contributed by atoms with Crippen LogP contribution in [0.4, 0.5) is 4.39 Å². The molecule has 0 aliphatic heterocycles. The summed E-state index contributed by atoms with van der Waals surface area (Å²) in [7, 11) is 1.64. The molecular formula is C27H34FN3O4. The molecule has 0 amide bonds. The molecule has 3 rings (SSSR count). The van der Waals surface area contributed by atoms with Crippen LogP contribution in [0, 0.1) is 5.82 Å². The molecule has 2 aromatic carbocycles. The molecule has 0 saturated heterocycles. The van der Waals surface area contributed by atoms with Crippen LogP contribution in [0.5, 0.6) is 11.6 Å². The first-order valence-corrected chi connectivity index (χ1v) is 11.7. The van der Waals surface area contributed by atoms with Gasteiger partial charge in [-0.2, -0.15) is 5.10 Å². The maximum absolute atomic E-state index is 14.5. The smallest absolute Gasteiger partial charge is 0.227 e. The number of hydrogen-bond acceptors (Lipinski definition) is 6. The quantitative estimate of drug-likeness (QED) is 0.256. The van der Waals surface area contributed by atoms with E-state index in [1.54, 1.807) is 36.1 Å². The average Bonchev–Trinajstić information content (AvgIpc) is 3.21. The summed E-state index contributed by atoms with van der Waals surface area (Å²) in [5, 5.41) is 15.3. The van der Waals surface area contributed by atoms with Gasteiger partial charge in [0.2, 0.25) is 5.88 Å². The zero-order valence-corrected chi connectivity index (χ0v) is 20.4. The Bertz CT molecular complexity index is 1060. The molecule has 8 heteroatoms. The first kappa shape index (κ1) is 26.6. The van der Waals surface area contributed by atoms with Gasteiger partial charge in [-0.3, -0.25) is 4.90 Å².